The maximum absolute atomic E-state index is 13.6. The molecule has 0 saturated carbocycles. The molecule has 0 aromatic heterocycles. The van der Waals surface area contributed by atoms with Gasteiger partial charge in [0.25, 0.3) is 0 Å². The Morgan fingerprint density at radius 2 is 1.49 bits per heavy atom. The van der Waals surface area contributed by atoms with Crippen molar-refractivity contribution >= 4 is 15.9 Å². The number of methoxy groups -OCH3 is 1. The summed E-state index contributed by atoms with van der Waals surface area (Å²) in [5.41, 5.74) is 1.50. The first-order chi connectivity index (χ1) is 17.6. The minimum atomic E-state index is -3.90. The highest BCUT2D eigenvalue weighted by molar-refractivity contribution is 7.89. The number of nitrogens with one attached hydrogen (secondary N) is 1. The Labute approximate surface area is 220 Å². The number of benzene rings is 3. The molecule has 3 aromatic rings. The van der Waals surface area contributed by atoms with Crippen molar-refractivity contribution in [3.8, 4) is 5.75 Å². The Balaban J connectivity index is 1.92. The molecule has 3 atom stereocenters. The van der Waals surface area contributed by atoms with Crippen molar-refractivity contribution in [3.63, 3.8) is 0 Å². The molecule has 8 heteroatoms. The molecule has 0 radical (unpaired) electrons. The van der Waals surface area contributed by atoms with Gasteiger partial charge in [0, 0.05) is 19.5 Å². The molecule has 3 aromatic carbocycles. The molecule has 7 nitrogen and oxygen atoms in total. The zero-order valence-corrected chi connectivity index (χ0v) is 22.7. The van der Waals surface area contributed by atoms with E-state index >= 15 is 0 Å². The summed E-state index contributed by atoms with van der Waals surface area (Å²) < 4.78 is 33.7. The number of amides is 1. The second kappa shape index (κ2) is 13.0. The lowest BCUT2D eigenvalue weighted by Gasteiger charge is -2.32. The molecule has 2 N–H and O–H groups in total. The molecule has 0 aliphatic heterocycles. The van der Waals surface area contributed by atoms with Gasteiger partial charge in [-0.05, 0) is 47.9 Å². The van der Waals surface area contributed by atoms with E-state index in [0.29, 0.717) is 22.6 Å². The number of quaternary nitrogens is 1. The first-order valence-electron chi connectivity index (χ1n) is 12.4. The van der Waals surface area contributed by atoms with E-state index in [0.717, 1.165) is 5.56 Å². The summed E-state index contributed by atoms with van der Waals surface area (Å²) in [6.45, 7) is 3.96. The Hall–Kier alpha value is -3.04. The predicted molar refractivity (Wildman–Crippen MR) is 144 cm³/mol. The van der Waals surface area contributed by atoms with Gasteiger partial charge in [0.1, 0.15) is 17.9 Å². The fourth-order valence-electron chi connectivity index (χ4n) is 4.34. The van der Waals surface area contributed by atoms with Crippen LogP contribution in [0.2, 0.25) is 0 Å². The molecule has 0 heterocycles. The minimum Gasteiger partial charge on any atom is -0.497 e. The van der Waals surface area contributed by atoms with Crippen LogP contribution in [0, 0.1) is 5.92 Å². The topological polar surface area (TPSA) is 88.3 Å². The zero-order chi connectivity index (χ0) is 27.0. The molecule has 1 unspecified atom stereocenters. The fraction of sp³-hybridized carbons (Fsp3) is 0.345. The van der Waals surface area contributed by atoms with Crippen molar-refractivity contribution in [2.75, 3.05) is 27.2 Å². The summed E-state index contributed by atoms with van der Waals surface area (Å²) in [6.07, 6.45) is -0.690. The fourth-order valence-corrected chi connectivity index (χ4v) is 5.96. The number of ether oxygens (including phenoxy) is 1. The van der Waals surface area contributed by atoms with E-state index in [1.807, 2.05) is 50.2 Å². The number of aliphatic hydroxyl groups is 1. The lowest BCUT2D eigenvalue weighted by Crippen LogP contribution is -3.17. The highest BCUT2D eigenvalue weighted by atomic mass is 32.2. The summed E-state index contributed by atoms with van der Waals surface area (Å²) in [4.78, 5) is 14.0. The zero-order valence-electron chi connectivity index (χ0n) is 21.9. The van der Waals surface area contributed by atoms with Gasteiger partial charge in [-0.25, -0.2) is 13.2 Å². The Bertz CT molecular complexity index is 1230. The Morgan fingerprint density at radius 1 is 0.919 bits per heavy atom. The summed E-state index contributed by atoms with van der Waals surface area (Å²) in [5.74, 6) is 0.430. The molecule has 0 aliphatic rings. The second-order valence-electron chi connectivity index (χ2n) is 9.63. The van der Waals surface area contributed by atoms with E-state index in [1.54, 1.807) is 43.4 Å². The Kier molecular flexibility index (Phi) is 10.00. The number of carbonyl (C=O) groups excluding carboxylic acids is 1. The van der Waals surface area contributed by atoms with Gasteiger partial charge in [-0.1, -0.05) is 62.4 Å². The second-order valence-corrected chi connectivity index (χ2v) is 11.6. The molecule has 0 bridgehead atoms. The molecular formula is C29H37N2O5S+. The van der Waals surface area contributed by atoms with Crippen molar-refractivity contribution in [3.05, 3.63) is 96.1 Å². The molecule has 198 valence electrons. The molecular weight excluding hydrogens is 488 g/mol. The standard InChI is InChI=1S/C29H36N2O5S/c1-22(2)20-31(37(34,35)26-17-15-25(36-4)16-18-26)21-28(32)27(19-23-11-7-5-8-12-23)30(3)29(33)24-13-9-6-10-14-24/h5-18,22,27-28,32H,19-21H2,1-4H3/p+1/t27-,28+/m0/s1. The summed E-state index contributed by atoms with van der Waals surface area (Å²) in [5, 5.41) is 11.5. The number of sulfonamides is 1. The van der Waals surface area contributed by atoms with Gasteiger partial charge in [-0.3, -0.25) is 4.90 Å². The first kappa shape index (κ1) is 28.5. The maximum Gasteiger partial charge on any atom is 0.344 e. The van der Waals surface area contributed by atoms with E-state index in [9.17, 15) is 18.3 Å². The maximum atomic E-state index is 13.6. The van der Waals surface area contributed by atoms with Crippen LogP contribution in [0.15, 0.2) is 89.8 Å². The summed E-state index contributed by atoms with van der Waals surface area (Å²) in [7, 11) is -0.643. The van der Waals surface area contributed by atoms with Crippen LogP contribution in [-0.2, 0) is 16.4 Å². The van der Waals surface area contributed by atoms with Crippen molar-refractivity contribution in [1.82, 2.24) is 4.31 Å². The van der Waals surface area contributed by atoms with E-state index in [4.69, 9.17) is 4.74 Å². The molecule has 1 amide bonds. The van der Waals surface area contributed by atoms with Gasteiger partial charge in [0.15, 0.2) is 0 Å². The van der Waals surface area contributed by atoms with E-state index in [1.165, 1.54) is 23.5 Å². The highest BCUT2D eigenvalue weighted by Crippen LogP contribution is 2.21. The van der Waals surface area contributed by atoms with E-state index in [2.05, 4.69) is 0 Å². The average molecular weight is 526 g/mol. The lowest BCUT2D eigenvalue weighted by atomic mass is 9.99. The van der Waals surface area contributed by atoms with Crippen LogP contribution in [-0.4, -0.2) is 63.1 Å². The number of hydrogen-bond donors (Lipinski definition) is 2. The molecule has 37 heavy (non-hydrogen) atoms. The minimum absolute atomic E-state index is 0.0313. The van der Waals surface area contributed by atoms with Gasteiger partial charge in [-0.15, -0.1) is 0 Å². The predicted octanol–water partition coefficient (Wildman–Crippen LogP) is 2.67. The number of carbonyl (C=O) groups is 1. The number of nitrogens with zero attached hydrogens (tertiary/aromatic N) is 1. The van der Waals surface area contributed by atoms with Crippen LogP contribution < -0.4 is 9.64 Å². The third kappa shape index (κ3) is 7.49. The lowest BCUT2D eigenvalue weighted by molar-refractivity contribution is -0.825. The van der Waals surface area contributed by atoms with Crippen LogP contribution in [0.4, 0.5) is 0 Å². The quantitative estimate of drug-likeness (QED) is 0.380. The molecule has 0 fully saturated rings. The number of likely N-dealkylation sites (N-methyl/N-ethyl adjacent to an activating group) is 1. The molecule has 0 aliphatic carbocycles. The monoisotopic (exact) mass is 525 g/mol. The SMILES string of the molecule is COc1ccc(S(=O)(=O)N(CC(C)C)C[C@@H](O)[C@H](Cc2ccccc2)[NH+](C)C(=O)c2ccccc2)cc1. The van der Waals surface area contributed by atoms with Gasteiger partial charge in [0.05, 0.1) is 24.6 Å². The van der Waals surface area contributed by atoms with Gasteiger partial charge >= 0.3 is 5.91 Å². The third-order valence-electron chi connectivity index (χ3n) is 6.37. The van der Waals surface area contributed by atoms with Crippen molar-refractivity contribution in [2.45, 2.75) is 37.3 Å². The molecule has 0 saturated heterocycles. The van der Waals surface area contributed by atoms with E-state index < -0.39 is 22.2 Å². The highest BCUT2D eigenvalue weighted by Gasteiger charge is 2.37. The smallest absolute Gasteiger partial charge is 0.344 e. The van der Waals surface area contributed by atoms with Crippen LogP contribution in [0.1, 0.15) is 29.8 Å². The van der Waals surface area contributed by atoms with Crippen molar-refractivity contribution in [1.29, 1.82) is 0 Å². The largest absolute Gasteiger partial charge is 0.497 e. The summed E-state index contributed by atoms with van der Waals surface area (Å²) in [6, 6.07) is 24.2. The van der Waals surface area contributed by atoms with Crippen LogP contribution >= 0.6 is 0 Å². The molecule has 0 spiro atoms. The normalized spacial score (nSPS) is 14.4. The van der Waals surface area contributed by atoms with Gasteiger partial charge < -0.3 is 9.84 Å². The van der Waals surface area contributed by atoms with Crippen LogP contribution in [0.25, 0.3) is 0 Å². The van der Waals surface area contributed by atoms with Gasteiger partial charge in [-0.2, -0.15) is 4.31 Å². The molecule has 3 rings (SSSR count). The number of aliphatic hydroxyl groups excluding tert-OH is 1. The first-order valence-corrected chi connectivity index (χ1v) is 13.9. The average Bonchev–Trinajstić information content (AvgIpc) is 2.91. The van der Waals surface area contributed by atoms with E-state index in [-0.39, 0.29) is 29.8 Å². The third-order valence-corrected chi connectivity index (χ3v) is 8.22. The van der Waals surface area contributed by atoms with Crippen molar-refractivity contribution < 1.29 is 28.0 Å². The number of hydrogen-bond acceptors (Lipinski definition) is 5. The Morgan fingerprint density at radius 3 is 2.03 bits per heavy atom. The number of rotatable bonds is 12. The van der Waals surface area contributed by atoms with Crippen LogP contribution in [0.3, 0.4) is 0 Å². The van der Waals surface area contributed by atoms with Gasteiger partial charge in [0.2, 0.25) is 10.0 Å². The van der Waals surface area contributed by atoms with Crippen molar-refractivity contribution in [2.24, 2.45) is 5.92 Å². The summed E-state index contributed by atoms with van der Waals surface area (Å²) >= 11 is 0. The van der Waals surface area contributed by atoms with Crippen LogP contribution in [0.5, 0.6) is 5.75 Å².